The molecule has 1 saturated carbocycles. The van der Waals surface area contributed by atoms with Gasteiger partial charge in [0.05, 0.1) is 5.92 Å². The lowest BCUT2D eigenvalue weighted by molar-refractivity contribution is -0.141. The molecular weight excluding hydrogens is 362 g/mol. The van der Waals surface area contributed by atoms with Crippen LogP contribution in [-0.2, 0) is 4.79 Å². The number of piperidine rings is 2. The Morgan fingerprint density at radius 1 is 1.10 bits per heavy atom. The average molecular weight is 392 g/mol. The number of rotatable bonds is 3. The van der Waals surface area contributed by atoms with Crippen LogP contribution in [0.1, 0.15) is 49.3 Å². The summed E-state index contributed by atoms with van der Waals surface area (Å²) in [6, 6.07) is 12.9. The van der Waals surface area contributed by atoms with Gasteiger partial charge in [-0.25, -0.2) is 4.98 Å². The van der Waals surface area contributed by atoms with Crippen molar-refractivity contribution in [2.24, 2.45) is 5.41 Å². The third-order valence-corrected chi connectivity index (χ3v) is 6.92. The summed E-state index contributed by atoms with van der Waals surface area (Å²) in [5.74, 6) is 1.60. The summed E-state index contributed by atoms with van der Waals surface area (Å²) in [5, 5.41) is 0. The van der Waals surface area contributed by atoms with Gasteiger partial charge in [0.1, 0.15) is 5.82 Å². The number of nitrogens with zero attached hydrogens (tertiary/aromatic N) is 4. The van der Waals surface area contributed by atoms with Crippen molar-refractivity contribution in [2.75, 3.05) is 30.3 Å². The highest BCUT2D eigenvalue weighted by Crippen LogP contribution is 2.48. The molecule has 0 bridgehead atoms. The fraction of sp³-hybridized carbons (Fsp3) is 0.522. The first-order chi connectivity index (χ1) is 14.0. The lowest BCUT2D eigenvalue weighted by atomic mass is 9.67. The lowest BCUT2D eigenvalue weighted by Crippen LogP contribution is -2.54. The van der Waals surface area contributed by atoms with Crippen molar-refractivity contribution in [2.45, 2.75) is 51.0 Å². The first kappa shape index (κ1) is 18.4. The number of nitrogens with two attached hydrogens (primary N) is 1. The zero-order chi connectivity index (χ0) is 20.0. The summed E-state index contributed by atoms with van der Waals surface area (Å²) in [5.41, 5.74) is 8.13. The summed E-state index contributed by atoms with van der Waals surface area (Å²) in [6.07, 6.45) is 5.44. The number of nitrogen functional groups attached to an aromatic ring is 1. The smallest absolute Gasteiger partial charge is 0.230 e. The Kier molecular flexibility index (Phi) is 4.45. The standard InChI is InChI=1S/C23H29N5O/c1-16-13-20(26-22(24)25-16)27-11-9-23(10-12-27)14-19(17-5-3-2-4-6-17)21(29)28(15-23)18-7-8-18/h2-6,13,18-19H,7-12,14-15H2,1H3,(H2,24,25,26). The van der Waals surface area contributed by atoms with Crippen LogP contribution in [-0.4, -0.2) is 46.5 Å². The molecule has 3 heterocycles. The van der Waals surface area contributed by atoms with Crippen LogP contribution in [0.5, 0.6) is 0 Å². The number of aryl methyl sites for hydroxylation is 1. The van der Waals surface area contributed by atoms with Crippen molar-refractivity contribution < 1.29 is 4.79 Å². The van der Waals surface area contributed by atoms with Gasteiger partial charge in [0, 0.05) is 37.4 Å². The Labute approximate surface area is 172 Å². The van der Waals surface area contributed by atoms with E-state index in [0.29, 0.717) is 17.9 Å². The van der Waals surface area contributed by atoms with Gasteiger partial charge in [-0.1, -0.05) is 30.3 Å². The van der Waals surface area contributed by atoms with E-state index in [2.05, 4.69) is 44.0 Å². The molecule has 1 amide bonds. The number of carbonyl (C=O) groups is 1. The second-order valence-electron chi connectivity index (χ2n) is 9.08. The van der Waals surface area contributed by atoms with Gasteiger partial charge in [-0.15, -0.1) is 0 Å². The number of anilines is 2. The average Bonchev–Trinajstić information content (AvgIpc) is 3.55. The molecule has 2 N–H and O–H groups in total. The maximum Gasteiger partial charge on any atom is 0.230 e. The number of benzene rings is 1. The highest BCUT2D eigenvalue weighted by molar-refractivity contribution is 5.85. The van der Waals surface area contributed by atoms with Crippen LogP contribution in [0.4, 0.5) is 11.8 Å². The molecule has 2 saturated heterocycles. The Morgan fingerprint density at radius 2 is 1.83 bits per heavy atom. The lowest BCUT2D eigenvalue weighted by Gasteiger charge is -2.50. The zero-order valence-electron chi connectivity index (χ0n) is 17.1. The summed E-state index contributed by atoms with van der Waals surface area (Å²) < 4.78 is 0. The maximum atomic E-state index is 13.3. The molecule has 5 rings (SSSR count). The van der Waals surface area contributed by atoms with Crippen molar-refractivity contribution in [3.8, 4) is 0 Å². The van der Waals surface area contributed by atoms with Gasteiger partial charge in [0.25, 0.3) is 0 Å². The third-order valence-electron chi connectivity index (χ3n) is 6.92. The monoisotopic (exact) mass is 391 g/mol. The first-order valence-electron chi connectivity index (χ1n) is 10.7. The molecule has 1 unspecified atom stereocenters. The third kappa shape index (κ3) is 3.56. The molecule has 1 aromatic carbocycles. The molecule has 1 aliphatic carbocycles. The molecule has 2 aliphatic heterocycles. The SMILES string of the molecule is Cc1cc(N2CCC3(CC2)CC(c2ccccc2)C(=O)N(C2CC2)C3)nc(N)n1. The van der Waals surface area contributed by atoms with Crippen molar-refractivity contribution >= 4 is 17.7 Å². The highest BCUT2D eigenvalue weighted by Gasteiger charge is 2.49. The maximum absolute atomic E-state index is 13.3. The van der Waals surface area contributed by atoms with Crippen LogP contribution in [0, 0.1) is 12.3 Å². The van der Waals surface area contributed by atoms with E-state index < -0.39 is 0 Å². The van der Waals surface area contributed by atoms with Gasteiger partial charge in [-0.3, -0.25) is 4.79 Å². The number of likely N-dealkylation sites (tertiary alicyclic amines) is 1. The summed E-state index contributed by atoms with van der Waals surface area (Å²) in [7, 11) is 0. The minimum Gasteiger partial charge on any atom is -0.368 e. The number of carbonyl (C=O) groups excluding carboxylic acids is 1. The molecule has 3 fully saturated rings. The first-order valence-corrected chi connectivity index (χ1v) is 10.7. The van der Waals surface area contributed by atoms with Gasteiger partial charge in [0.2, 0.25) is 11.9 Å². The predicted octanol–water partition coefficient (Wildman–Crippen LogP) is 3.13. The molecule has 6 heteroatoms. The Balaban J connectivity index is 1.38. The quantitative estimate of drug-likeness (QED) is 0.870. The second-order valence-corrected chi connectivity index (χ2v) is 9.08. The predicted molar refractivity (Wildman–Crippen MR) is 114 cm³/mol. The molecule has 0 radical (unpaired) electrons. The molecule has 1 spiro atoms. The van der Waals surface area contributed by atoms with Crippen molar-refractivity contribution in [3.05, 3.63) is 47.7 Å². The van der Waals surface area contributed by atoms with Crippen molar-refractivity contribution in [1.82, 2.24) is 14.9 Å². The number of amides is 1. The van der Waals surface area contributed by atoms with Gasteiger partial charge < -0.3 is 15.5 Å². The van der Waals surface area contributed by atoms with Crippen LogP contribution in [0.3, 0.4) is 0 Å². The van der Waals surface area contributed by atoms with Crippen LogP contribution < -0.4 is 10.6 Å². The summed E-state index contributed by atoms with van der Waals surface area (Å²) >= 11 is 0. The molecule has 152 valence electrons. The van der Waals surface area contributed by atoms with E-state index in [4.69, 9.17) is 5.73 Å². The number of aromatic nitrogens is 2. The van der Waals surface area contributed by atoms with Crippen LogP contribution >= 0.6 is 0 Å². The van der Waals surface area contributed by atoms with Gasteiger partial charge >= 0.3 is 0 Å². The van der Waals surface area contributed by atoms with Gasteiger partial charge in [-0.2, -0.15) is 4.98 Å². The minimum atomic E-state index is -0.00552. The largest absolute Gasteiger partial charge is 0.368 e. The van der Waals surface area contributed by atoms with E-state index in [1.54, 1.807) is 0 Å². The molecule has 1 aromatic heterocycles. The Bertz CT molecular complexity index is 882. The fourth-order valence-corrected chi connectivity index (χ4v) is 5.17. The van der Waals surface area contributed by atoms with Gasteiger partial charge in [-0.05, 0) is 50.0 Å². The van der Waals surface area contributed by atoms with E-state index in [-0.39, 0.29) is 11.3 Å². The Hall–Kier alpha value is -2.63. The van der Waals surface area contributed by atoms with Gasteiger partial charge in [0.15, 0.2) is 0 Å². The van der Waals surface area contributed by atoms with E-state index in [9.17, 15) is 4.79 Å². The molecule has 29 heavy (non-hydrogen) atoms. The minimum absolute atomic E-state index is 0.00552. The van der Waals surface area contributed by atoms with Crippen LogP contribution in [0.25, 0.3) is 0 Å². The highest BCUT2D eigenvalue weighted by atomic mass is 16.2. The molecule has 6 nitrogen and oxygen atoms in total. The Morgan fingerprint density at radius 3 is 2.48 bits per heavy atom. The van der Waals surface area contributed by atoms with Crippen LogP contribution in [0.15, 0.2) is 36.4 Å². The number of hydrogen-bond acceptors (Lipinski definition) is 5. The van der Waals surface area contributed by atoms with E-state index in [0.717, 1.165) is 63.3 Å². The van der Waals surface area contributed by atoms with Crippen LogP contribution in [0.2, 0.25) is 0 Å². The molecule has 1 atom stereocenters. The summed E-state index contributed by atoms with van der Waals surface area (Å²) in [4.78, 5) is 26.5. The second kappa shape index (κ2) is 7.01. The molecular formula is C23H29N5O. The molecule has 3 aliphatic rings. The molecule has 2 aromatic rings. The topological polar surface area (TPSA) is 75.4 Å². The number of hydrogen-bond donors (Lipinski definition) is 1. The van der Waals surface area contributed by atoms with Crippen molar-refractivity contribution in [3.63, 3.8) is 0 Å². The van der Waals surface area contributed by atoms with E-state index >= 15 is 0 Å². The van der Waals surface area contributed by atoms with E-state index in [1.165, 1.54) is 5.56 Å². The zero-order valence-corrected chi connectivity index (χ0v) is 17.1. The fourth-order valence-electron chi connectivity index (χ4n) is 5.17. The van der Waals surface area contributed by atoms with Crippen molar-refractivity contribution in [1.29, 1.82) is 0 Å². The van der Waals surface area contributed by atoms with E-state index in [1.807, 2.05) is 19.1 Å². The normalized spacial score (nSPS) is 24.2. The summed E-state index contributed by atoms with van der Waals surface area (Å²) in [6.45, 7) is 4.77.